The van der Waals surface area contributed by atoms with E-state index in [2.05, 4.69) is 5.32 Å². The van der Waals surface area contributed by atoms with Gasteiger partial charge in [-0.25, -0.2) is 8.42 Å². The summed E-state index contributed by atoms with van der Waals surface area (Å²) >= 11 is 6.09. The summed E-state index contributed by atoms with van der Waals surface area (Å²) in [5, 5.41) is 3.27. The highest BCUT2D eigenvalue weighted by molar-refractivity contribution is 7.92. The Kier molecular flexibility index (Phi) is 6.08. The second kappa shape index (κ2) is 7.89. The number of halogens is 1. The van der Waals surface area contributed by atoms with E-state index in [1.807, 2.05) is 37.3 Å². The summed E-state index contributed by atoms with van der Waals surface area (Å²) in [6, 6.07) is 14.2. The summed E-state index contributed by atoms with van der Waals surface area (Å²) in [5.41, 5.74) is 1.96. The lowest BCUT2D eigenvalue weighted by molar-refractivity contribution is -0.120. The highest BCUT2D eigenvalue weighted by Crippen LogP contribution is 2.28. The molecule has 0 unspecified atom stereocenters. The minimum Gasteiger partial charge on any atom is -0.348 e. The van der Waals surface area contributed by atoms with Gasteiger partial charge in [-0.05, 0) is 37.1 Å². The maximum Gasteiger partial charge on any atom is 0.241 e. The molecular weight excluding hydrogens is 360 g/mol. The van der Waals surface area contributed by atoms with E-state index in [-0.39, 0.29) is 18.5 Å². The predicted octanol–water partition coefficient (Wildman–Crippen LogP) is 3.29. The van der Waals surface area contributed by atoms with Gasteiger partial charge in [0.15, 0.2) is 0 Å². The Labute approximate surface area is 153 Å². The molecule has 0 spiro atoms. The van der Waals surface area contributed by atoms with Gasteiger partial charge in [-0.3, -0.25) is 9.10 Å². The molecule has 2 aromatic carbocycles. The highest BCUT2D eigenvalue weighted by Gasteiger charge is 2.23. The largest absolute Gasteiger partial charge is 0.348 e. The van der Waals surface area contributed by atoms with E-state index in [0.29, 0.717) is 16.3 Å². The Morgan fingerprint density at radius 1 is 1.16 bits per heavy atom. The molecule has 0 aliphatic rings. The van der Waals surface area contributed by atoms with E-state index in [1.165, 1.54) is 0 Å². The molecule has 2 rings (SSSR count). The van der Waals surface area contributed by atoms with Crippen LogP contribution in [0.1, 0.15) is 24.1 Å². The SMILES string of the molecule is Cc1c(Cl)cccc1N(CC(=O)N[C@@H](C)c1ccccc1)S(C)(=O)=O. The number of hydrogen-bond donors (Lipinski definition) is 1. The van der Waals surface area contributed by atoms with E-state index in [1.54, 1.807) is 25.1 Å². The van der Waals surface area contributed by atoms with Gasteiger partial charge in [0, 0.05) is 5.02 Å². The molecule has 1 amide bonds. The Morgan fingerprint density at radius 3 is 2.40 bits per heavy atom. The van der Waals surface area contributed by atoms with Crippen molar-refractivity contribution in [2.24, 2.45) is 0 Å². The molecule has 1 atom stereocenters. The second-order valence-electron chi connectivity index (χ2n) is 5.85. The van der Waals surface area contributed by atoms with Crippen molar-refractivity contribution in [3.63, 3.8) is 0 Å². The number of hydrogen-bond acceptors (Lipinski definition) is 3. The first-order valence-corrected chi connectivity index (χ1v) is 10.00. The smallest absolute Gasteiger partial charge is 0.241 e. The maximum atomic E-state index is 12.4. The van der Waals surface area contributed by atoms with Crippen LogP contribution in [0, 0.1) is 6.92 Å². The van der Waals surface area contributed by atoms with Crippen LogP contribution in [-0.4, -0.2) is 27.1 Å². The first-order valence-electron chi connectivity index (χ1n) is 7.77. The van der Waals surface area contributed by atoms with Gasteiger partial charge in [0.05, 0.1) is 18.0 Å². The fourth-order valence-electron chi connectivity index (χ4n) is 2.49. The minimum atomic E-state index is -3.64. The number of nitrogens with one attached hydrogen (secondary N) is 1. The summed E-state index contributed by atoms with van der Waals surface area (Å²) in [5.74, 6) is -0.388. The number of nitrogens with zero attached hydrogens (tertiary/aromatic N) is 1. The first-order chi connectivity index (χ1) is 11.7. The van der Waals surface area contributed by atoms with Crippen molar-refractivity contribution in [3.8, 4) is 0 Å². The molecule has 7 heteroatoms. The Morgan fingerprint density at radius 2 is 1.80 bits per heavy atom. The first kappa shape index (κ1) is 19.3. The van der Waals surface area contributed by atoms with Crippen LogP contribution in [0.25, 0.3) is 0 Å². The summed E-state index contributed by atoms with van der Waals surface area (Å²) in [7, 11) is -3.64. The van der Waals surface area contributed by atoms with Gasteiger partial charge in [0.1, 0.15) is 6.54 Å². The molecule has 1 N–H and O–H groups in total. The van der Waals surface area contributed by atoms with Gasteiger partial charge < -0.3 is 5.32 Å². The normalized spacial score (nSPS) is 12.5. The van der Waals surface area contributed by atoms with Crippen LogP contribution in [0.3, 0.4) is 0 Å². The van der Waals surface area contributed by atoms with Crippen molar-refractivity contribution >= 4 is 33.2 Å². The third-order valence-electron chi connectivity index (χ3n) is 3.87. The molecule has 0 saturated carbocycles. The van der Waals surface area contributed by atoms with Gasteiger partial charge in [-0.1, -0.05) is 48.0 Å². The lowest BCUT2D eigenvalue weighted by Crippen LogP contribution is -2.41. The van der Waals surface area contributed by atoms with Crippen molar-refractivity contribution in [1.82, 2.24) is 5.32 Å². The molecular formula is C18H21ClN2O3S. The van der Waals surface area contributed by atoms with Crippen LogP contribution >= 0.6 is 11.6 Å². The molecule has 134 valence electrons. The molecule has 0 saturated heterocycles. The summed E-state index contributed by atoms with van der Waals surface area (Å²) < 4.78 is 25.4. The van der Waals surface area contributed by atoms with Crippen molar-refractivity contribution in [1.29, 1.82) is 0 Å². The molecule has 0 bridgehead atoms. The lowest BCUT2D eigenvalue weighted by atomic mass is 10.1. The van der Waals surface area contributed by atoms with Crippen LogP contribution in [0.2, 0.25) is 5.02 Å². The zero-order valence-electron chi connectivity index (χ0n) is 14.4. The zero-order valence-corrected chi connectivity index (χ0v) is 15.9. The average Bonchev–Trinajstić information content (AvgIpc) is 2.55. The number of carbonyl (C=O) groups is 1. The molecule has 25 heavy (non-hydrogen) atoms. The molecule has 5 nitrogen and oxygen atoms in total. The Balaban J connectivity index is 2.21. The zero-order chi connectivity index (χ0) is 18.6. The van der Waals surface area contributed by atoms with E-state index in [0.717, 1.165) is 16.1 Å². The quantitative estimate of drug-likeness (QED) is 0.836. The van der Waals surface area contributed by atoms with Crippen LogP contribution < -0.4 is 9.62 Å². The summed E-state index contributed by atoms with van der Waals surface area (Å²) in [4.78, 5) is 12.4. The van der Waals surface area contributed by atoms with Crippen molar-refractivity contribution in [2.75, 3.05) is 17.1 Å². The van der Waals surface area contributed by atoms with Crippen LogP contribution in [-0.2, 0) is 14.8 Å². The molecule has 0 fully saturated rings. The number of sulfonamides is 1. The Hall–Kier alpha value is -2.05. The van der Waals surface area contributed by atoms with Crippen LogP contribution in [0.4, 0.5) is 5.69 Å². The number of amides is 1. The van der Waals surface area contributed by atoms with E-state index < -0.39 is 10.0 Å². The van der Waals surface area contributed by atoms with Gasteiger partial charge in [0.25, 0.3) is 0 Å². The van der Waals surface area contributed by atoms with E-state index >= 15 is 0 Å². The van der Waals surface area contributed by atoms with Gasteiger partial charge in [-0.15, -0.1) is 0 Å². The number of rotatable bonds is 6. The van der Waals surface area contributed by atoms with E-state index in [4.69, 9.17) is 11.6 Å². The van der Waals surface area contributed by atoms with Gasteiger partial charge in [-0.2, -0.15) is 0 Å². The van der Waals surface area contributed by atoms with E-state index in [9.17, 15) is 13.2 Å². The summed E-state index contributed by atoms with van der Waals surface area (Å²) in [6.07, 6.45) is 1.07. The summed E-state index contributed by atoms with van der Waals surface area (Å²) in [6.45, 7) is 3.26. The van der Waals surface area contributed by atoms with Gasteiger partial charge in [0.2, 0.25) is 15.9 Å². The third kappa shape index (κ3) is 4.96. The van der Waals surface area contributed by atoms with Crippen LogP contribution in [0.15, 0.2) is 48.5 Å². The van der Waals surface area contributed by atoms with Gasteiger partial charge >= 0.3 is 0 Å². The van der Waals surface area contributed by atoms with Crippen molar-refractivity contribution < 1.29 is 13.2 Å². The fourth-order valence-corrected chi connectivity index (χ4v) is 3.57. The molecule has 0 radical (unpaired) electrons. The molecule has 0 aliphatic heterocycles. The lowest BCUT2D eigenvalue weighted by Gasteiger charge is -2.25. The van der Waals surface area contributed by atoms with Crippen LogP contribution in [0.5, 0.6) is 0 Å². The minimum absolute atomic E-state index is 0.226. The molecule has 2 aromatic rings. The third-order valence-corrected chi connectivity index (χ3v) is 5.41. The monoisotopic (exact) mass is 380 g/mol. The molecule has 0 aromatic heterocycles. The topological polar surface area (TPSA) is 66.5 Å². The fraction of sp³-hybridized carbons (Fsp3) is 0.278. The maximum absolute atomic E-state index is 12.4. The highest BCUT2D eigenvalue weighted by atomic mass is 35.5. The van der Waals surface area contributed by atoms with Crippen molar-refractivity contribution in [2.45, 2.75) is 19.9 Å². The standard InChI is InChI=1S/C18H21ClN2O3S/c1-13-16(19)10-7-11-17(13)21(25(3,23)24)12-18(22)20-14(2)15-8-5-4-6-9-15/h4-11,14H,12H2,1-3H3,(H,20,22)/t14-/m0/s1. The molecule has 0 heterocycles. The Bertz CT molecular complexity index is 854. The number of carbonyl (C=O) groups excluding carboxylic acids is 1. The van der Waals surface area contributed by atoms with Crippen molar-refractivity contribution in [3.05, 3.63) is 64.7 Å². The number of anilines is 1. The second-order valence-corrected chi connectivity index (χ2v) is 8.17. The number of benzene rings is 2. The molecule has 0 aliphatic carbocycles. The average molecular weight is 381 g/mol. The predicted molar refractivity (Wildman–Crippen MR) is 101 cm³/mol.